The number of fused-ring (bicyclic) bond motifs is 4. The van der Waals surface area contributed by atoms with Crippen molar-refractivity contribution in [3.8, 4) is 11.4 Å². The predicted octanol–water partition coefficient (Wildman–Crippen LogP) is 3.40. The molecule has 0 bridgehead atoms. The molecule has 2 aromatic heterocycles. The van der Waals surface area contributed by atoms with Gasteiger partial charge in [0.05, 0.1) is 42.8 Å². The number of aryl methyl sites for hydroxylation is 1. The first-order valence-electron chi connectivity index (χ1n) is 13.7. The van der Waals surface area contributed by atoms with E-state index in [1.807, 2.05) is 13.0 Å². The molecule has 10 heteroatoms. The fourth-order valence-electron chi connectivity index (χ4n) is 6.09. The van der Waals surface area contributed by atoms with E-state index in [9.17, 15) is 14.4 Å². The van der Waals surface area contributed by atoms with Crippen molar-refractivity contribution in [2.24, 2.45) is 0 Å². The van der Waals surface area contributed by atoms with E-state index in [1.165, 1.54) is 13.2 Å². The minimum absolute atomic E-state index is 0.0785. The maximum absolute atomic E-state index is 15.1. The standard InChI is InChI=1S/C30H35FN4O5/c1-6-17(12-36)19-9-25-28-20(11-35(25)30(38)21(19)13-39-5)27-23(34-29(37)16(3)40-14-32-4)8-7-18-15(2)22(31)10-24(33-28)26(18)27/h9-10,12,16-17,23,32H,6-8,11,13-14H2,1-5H3,(H,34,37). The average Bonchev–Trinajstić information content (AvgIpc) is 3.31. The molecule has 0 radical (unpaired) electrons. The smallest absolute Gasteiger partial charge is 0.257 e. The largest absolute Gasteiger partial charge is 0.380 e. The van der Waals surface area contributed by atoms with Crippen LogP contribution in [-0.4, -0.2) is 48.7 Å². The summed E-state index contributed by atoms with van der Waals surface area (Å²) in [5.41, 5.74) is 5.59. The lowest BCUT2D eigenvalue weighted by Crippen LogP contribution is -2.39. The third-order valence-corrected chi connectivity index (χ3v) is 8.23. The molecule has 3 unspecified atom stereocenters. The summed E-state index contributed by atoms with van der Waals surface area (Å²) in [7, 11) is 3.26. The molecule has 9 nitrogen and oxygen atoms in total. The highest BCUT2D eigenvalue weighted by Crippen LogP contribution is 2.45. The second-order valence-electron chi connectivity index (χ2n) is 10.6. The number of nitrogens with zero attached hydrogens (tertiary/aromatic N) is 2. The van der Waals surface area contributed by atoms with Crippen LogP contribution in [0.4, 0.5) is 4.39 Å². The van der Waals surface area contributed by atoms with Crippen LogP contribution in [0.25, 0.3) is 22.3 Å². The molecule has 0 saturated carbocycles. The van der Waals surface area contributed by atoms with Gasteiger partial charge in [-0.05, 0) is 68.5 Å². The first-order chi connectivity index (χ1) is 19.2. The molecule has 1 aliphatic carbocycles. The molecule has 2 aliphatic rings. The third-order valence-electron chi connectivity index (χ3n) is 8.23. The van der Waals surface area contributed by atoms with Crippen LogP contribution in [-0.2, 0) is 38.6 Å². The van der Waals surface area contributed by atoms with Crippen LogP contribution in [0.1, 0.15) is 72.0 Å². The number of pyridine rings is 2. The topological polar surface area (TPSA) is 112 Å². The predicted molar refractivity (Wildman–Crippen MR) is 149 cm³/mol. The molecule has 3 aromatic rings. The van der Waals surface area contributed by atoms with Gasteiger partial charge in [-0.1, -0.05) is 6.92 Å². The Hall–Kier alpha value is -3.47. The fraction of sp³-hybridized carbons (Fsp3) is 0.467. The van der Waals surface area contributed by atoms with Gasteiger partial charge in [0.1, 0.15) is 18.2 Å². The number of ether oxygens (including phenoxy) is 2. The Kier molecular flexibility index (Phi) is 7.85. The van der Waals surface area contributed by atoms with Crippen molar-refractivity contribution in [2.45, 2.75) is 71.2 Å². The summed E-state index contributed by atoms with van der Waals surface area (Å²) < 4.78 is 27.6. The Morgan fingerprint density at radius 3 is 2.77 bits per heavy atom. The van der Waals surface area contributed by atoms with Crippen molar-refractivity contribution in [3.05, 3.63) is 61.7 Å². The van der Waals surface area contributed by atoms with Crippen LogP contribution in [0.2, 0.25) is 0 Å². The molecular weight excluding hydrogens is 515 g/mol. The van der Waals surface area contributed by atoms with Crippen molar-refractivity contribution in [3.63, 3.8) is 0 Å². The molecule has 40 heavy (non-hydrogen) atoms. The van der Waals surface area contributed by atoms with Gasteiger partial charge < -0.3 is 24.2 Å². The maximum Gasteiger partial charge on any atom is 0.257 e. The summed E-state index contributed by atoms with van der Waals surface area (Å²) in [5, 5.41) is 6.85. The highest BCUT2D eigenvalue weighted by atomic mass is 19.1. The van der Waals surface area contributed by atoms with E-state index in [4.69, 9.17) is 14.5 Å². The second kappa shape index (κ2) is 11.2. The Morgan fingerprint density at radius 1 is 1.32 bits per heavy atom. The van der Waals surface area contributed by atoms with E-state index >= 15 is 4.39 Å². The van der Waals surface area contributed by atoms with Crippen molar-refractivity contribution in [2.75, 3.05) is 20.9 Å². The van der Waals surface area contributed by atoms with Crippen molar-refractivity contribution in [1.82, 2.24) is 20.2 Å². The number of rotatable bonds is 10. The molecule has 3 heterocycles. The molecule has 1 amide bonds. The Labute approximate surface area is 232 Å². The number of amides is 1. The summed E-state index contributed by atoms with van der Waals surface area (Å²) in [4.78, 5) is 43.7. The van der Waals surface area contributed by atoms with Crippen LogP contribution in [0.15, 0.2) is 16.9 Å². The van der Waals surface area contributed by atoms with E-state index < -0.39 is 12.0 Å². The molecule has 1 aliphatic heterocycles. The van der Waals surface area contributed by atoms with Gasteiger partial charge in [-0.15, -0.1) is 0 Å². The molecule has 3 atom stereocenters. The molecule has 0 saturated heterocycles. The van der Waals surface area contributed by atoms with Gasteiger partial charge in [0, 0.05) is 35.6 Å². The number of aldehydes is 1. The highest BCUT2D eigenvalue weighted by Gasteiger charge is 2.36. The van der Waals surface area contributed by atoms with E-state index in [2.05, 4.69) is 10.6 Å². The molecule has 1 aromatic carbocycles. The highest BCUT2D eigenvalue weighted by molar-refractivity contribution is 5.93. The van der Waals surface area contributed by atoms with Crippen molar-refractivity contribution >= 4 is 23.1 Å². The SMILES string of the molecule is CCC(C=O)c1cc2n(c(=O)c1COC)Cc1c-2nc2cc(F)c(C)c3c2c1C(NC(=O)C(C)OCNC)CC3. The molecule has 212 valence electrons. The first kappa shape index (κ1) is 28.1. The fourth-order valence-corrected chi connectivity index (χ4v) is 6.09. The number of aromatic nitrogens is 2. The monoisotopic (exact) mass is 550 g/mol. The third kappa shape index (κ3) is 4.53. The number of halogens is 1. The van der Waals surface area contributed by atoms with E-state index in [-0.39, 0.29) is 43.2 Å². The van der Waals surface area contributed by atoms with Gasteiger partial charge in [-0.3, -0.25) is 14.9 Å². The number of methoxy groups -OCH3 is 1. The average molecular weight is 551 g/mol. The van der Waals surface area contributed by atoms with E-state index in [0.29, 0.717) is 52.9 Å². The number of hydrogen-bond acceptors (Lipinski definition) is 7. The first-order valence-corrected chi connectivity index (χ1v) is 13.7. The summed E-state index contributed by atoms with van der Waals surface area (Å²) >= 11 is 0. The molecular formula is C30H35FN4O5. The van der Waals surface area contributed by atoms with Gasteiger partial charge in [0.25, 0.3) is 5.56 Å². The number of hydrogen-bond donors (Lipinski definition) is 2. The molecule has 0 spiro atoms. The maximum atomic E-state index is 15.1. The summed E-state index contributed by atoms with van der Waals surface area (Å²) in [6, 6.07) is 2.92. The Bertz CT molecular complexity index is 1570. The zero-order chi connectivity index (χ0) is 28.7. The zero-order valence-corrected chi connectivity index (χ0v) is 23.5. The Morgan fingerprint density at radius 2 is 2.10 bits per heavy atom. The van der Waals surface area contributed by atoms with Gasteiger partial charge in [0.15, 0.2) is 0 Å². The summed E-state index contributed by atoms with van der Waals surface area (Å²) in [6.45, 7) is 5.92. The number of carbonyl (C=O) groups is 2. The number of benzene rings is 1. The molecule has 5 rings (SSSR count). The van der Waals surface area contributed by atoms with Crippen LogP contribution in [0.3, 0.4) is 0 Å². The number of carbonyl (C=O) groups excluding carboxylic acids is 2. The van der Waals surface area contributed by atoms with Gasteiger partial charge in [-0.25, -0.2) is 9.37 Å². The van der Waals surface area contributed by atoms with Crippen molar-refractivity contribution in [1.29, 1.82) is 0 Å². The molecule has 2 N–H and O–H groups in total. The lowest BCUT2D eigenvalue weighted by atomic mass is 9.81. The Balaban J connectivity index is 1.73. The van der Waals surface area contributed by atoms with E-state index in [1.54, 1.807) is 25.5 Å². The lowest BCUT2D eigenvalue weighted by Gasteiger charge is -2.30. The minimum atomic E-state index is -0.678. The van der Waals surface area contributed by atoms with Crippen LogP contribution >= 0.6 is 0 Å². The van der Waals surface area contributed by atoms with Gasteiger partial charge in [-0.2, -0.15) is 0 Å². The molecule has 0 fully saturated rings. The van der Waals surface area contributed by atoms with Crippen LogP contribution in [0.5, 0.6) is 0 Å². The van der Waals surface area contributed by atoms with E-state index in [0.717, 1.165) is 28.4 Å². The minimum Gasteiger partial charge on any atom is -0.380 e. The van der Waals surface area contributed by atoms with Gasteiger partial charge >= 0.3 is 0 Å². The van der Waals surface area contributed by atoms with Gasteiger partial charge in [0.2, 0.25) is 5.91 Å². The zero-order valence-electron chi connectivity index (χ0n) is 23.5. The summed E-state index contributed by atoms with van der Waals surface area (Å²) in [6.07, 6.45) is 1.86. The quantitative estimate of drug-likeness (QED) is 0.230. The van der Waals surface area contributed by atoms with Crippen LogP contribution in [0, 0.1) is 12.7 Å². The summed E-state index contributed by atoms with van der Waals surface area (Å²) in [5.74, 6) is -1.06. The second-order valence-corrected chi connectivity index (χ2v) is 10.6. The normalized spacial score (nSPS) is 16.9. The van der Waals surface area contributed by atoms with Crippen molar-refractivity contribution < 1.29 is 23.5 Å². The number of nitrogens with one attached hydrogen (secondary N) is 2. The lowest BCUT2D eigenvalue weighted by molar-refractivity contribution is -0.133. The van der Waals surface area contributed by atoms with Crippen LogP contribution < -0.4 is 16.2 Å².